The van der Waals surface area contributed by atoms with E-state index >= 15 is 0 Å². The van der Waals surface area contributed by atoms with Crippen molar-refractivity contribution in [1.82, 2.24) is 20.2 Å². The Morgan fingerprint density at radius 2 is 2.15 bits per heavy atom. The maximum atomic E-state index is 11.1. The monoisotopic (exact) mass is 418 g/mol. The molecule has 138 valence electrons. The molecule has 1 aromatic carbocycles. The van der Waals surface area contributed by atoms with E-state index < -0.39 is 5.91 Å². The molecule has 0 bridgehead atoms. The molecule has 1 aromatic heterocycles. The van der Waals surface area contributed by atoms with Crippen LogP contribution in [0.3, 0.4) is 0 Å². The zero-order valence-corrected chi connectivity index (χ0v) is 16.3. The van der Waals surface area contributed by atoms with Crippen LogP contribution >= 0.6 is 15.9 Å². The summed E-state index contributed by atoms with van der Waals surface area (Å²) in [7, 11) is 0. The van der Waals surface area contributed by atoms with Crippen molar-refractivity contribution in [3.63, 3.8) is 0 Å². The summed E-state index contributed by atoms with van der Waals surface area (Å²) in [5, 5.41) is 13.0. The van der Waals surface area contributed by atoms with Gasteiger partial charge in [0.25, 0.3) is 5.91 Å². The minimum absolute atomic E-state index is 0.425. The Balaban J connectivity index is 1.62. The number of nitrogens with one attached hydrogen (secondary N) is 1. The highest BCUT2D eigenvalue weighted by Crippen LogP contribution is 2.32. The number of hydroxylamine groups is 1. The Morgan fingerprint density at radius 3 is 2.81 bits per heavy atom. The Morgan fingerprint density at radius 1 is 1.38 bits per heavy atom. The molecule has 0 unspecified atom stereocenters. The molecular weight excluding hydrogens is 396 g/mol. The van der Waals surface area contributed by atoms with Crippen molar-refractivity contribution in [1.29, 1.82) is 0 Å². The van der Waals surface area contributed by atoms with Gasteiger partial charge >= 0.3 is 0 Å². The van der Waals surface area contributed by atoms with Gasteiger partial charge in [-0.15, -0.1) is 0 Å². The molecule has 1 atom stereocenters. The number of carbonyl (C=O) groups excluding carboxylic acids is 1. The van der Waals surface area contributed by atoms with Crippen molar-refractivity contribution >= 4 is 27.9 Å². The first-order valence-electron chi connectivity index (χ1n) is 8.72. The lowest BCUT2D eigenvalue weighted by Crippen LogP contribution is -2.27. The van der Waals surface area contributed by atoms with E-state index in [0.717, 1.165) is 41.8 Å². The molecule has 26 heavy (non-hydrogen) atoms. The van der Waals surface area contributed by atoms with E-state index in [4.69, 9.17) is 5.21 Å². The lowest BCUT2D eigenvalue weighted by molar-refractivity contribution is -0.124. The summed E-state index contributed by atoms with van der Waals surface area (Å²) in [6.07, 6.45) is 7.37. The van der Waals surface area contributed by atoms with Crippen LogP contribution in [0.25, 0.3) is 6.08 Å². The maximum absolute atomic E-state index is 11.1. The van der Waals surface area contributed by atoms with Crippen molar-refractivity contribution in [3.8, 4) is 0 Å². The molecule has 6 nitrogen and oxygen atoms in total. The molecule has 1 saturated heterocycles. The first-order chi connectivity index (χ1) is 12.6. The van der Waals surface area contributed by atoms with E-state index in [1.807, 2.05) is 29.9 Å². The molecule has 2 heterocycles. The van der Waals surface area contributed by atoms with E-state index in [1.165, 1.54) is 18.1 Å². The lowest BCUT2D eigenvalue weighted by Gasteiger charge is -2.24. The van der Waals surface area contributed by atoms with Crippen molar-refractivity contribution in [2.45, 2.75) is 32.4 Å². The fourth-order valence-electron chi connectivity index (χ4n) is 3.35. The third-order valence-electron chi connectivity index (χ3n) is 4.73. The van der Waals surface area contributed by atoms with E-state index in [0.29, 0.717) is 6.04 Å². The summed E-state index contributed by atoms with van der Waals surface area (Å²) in [6.45, 7) is 4.94. The Bertz CT molecular complexity index is 766. The van der Waals surface area contributed by atoms with Gasteiger partial charge in [-0.05, 0) is 59.4 Å². The minimum atomic E-state index is -0.531. The molecule has 0 radical (unpaired) electrons. The van der Waals surface area contributed by atoms with Gasteiger partial charge < -0.3 is 0 Å². The van der Waals surface area contributed by atoms with Crippen LogP contribution in [-0.2, 0) is 11.3 Å². The zero-order chi connectivity index (χ0) is 18.5. The Hall–Kier alpha value is -1.96. The highest BCUT2D eigenvalue weighted by molar-refractivity contribution is 9.10. The predicted molar refractivity (Wildman–Crippen MR) is 104 cm³/mol. The molecule has 0 aliphatic carbocycles. The van der Waals surface area contributed by atoms with Crippen LogP contribution in [0.4, 0.5) is 0 Å². The van der Waals surface area contributed by atoms with Gasteiger partial charge in [0.05, 0.1) is 16.7 Å². The number of rotatable bonds is 6. The molecule has 7 heteroatoms. The summed E-state index contributed by atoms with van der Waals surface area (Å²) < 4.78 is 3.04. The van der Waals surface area contributed by atoms with Gasteiger partial charge in [-0.25, -0.2) is 5.48 Å². The molecule has 0 saturated carbocycles. The maximum Gasteiger partial charge on any atom is 0.267 e. The normalized spacial score (nSPS) is 17.9. The highest BCUT2D eigenvalue weighted by atomic mass is 79.9. The summed E-state index contributed by atoms with van der Waals surface area (Å²) in [5.74, 6) is -0.531. The molecule has 2 aromatic rings. The zero-order valence-electron chi connectivity index (χ0n) is 14.7. The van der Waals surface area contributed by atoms with E-state index in [-0.39, 0.29) is 0 Å². The standard InChI is InChI=1S/C19H23BrN4O2/c1-14-17(20)13-24(21-14)12-11-23-10-2-3-18(23)16-7-4-15(5-8-16)6-9-19(25)22-26/h4-9,13,18,26H,2-3,10-12H2,1H3,(H,22,25)/t18-/m0/s1. The average Bonchev–Trinajstić information content (AvgIpc) is 3.24. The number of hydrogen-bond acceptors (Lipinski definition) is 4. The van der Waals surface area contributed by atoms with Crippen molar-refractivity contribution in [3.05, 3.63) is 57.8 Å². The number of amides is 1. The SMILES string of the molecule is Cc1nn(CCN2CCC[C@H]2c2ccc(C=CC(=O)NO)cc2)cc1Br. The van der Waals surface area contributed by atoms with Crippen LogP contribution in [0, 0.1) is 6.92 Å². The Kier molecular flexibility index (Phi) is 6.24. The average molecular weight is 419 g/mol. The summed E-state index contributed by atoms with van der Waals surface area (Å²) in [6, 6.07) is 8.67. The van der Waals surface area contributed by atoms with Crippen molar-refractivity contribution < 1.29 is 10.0 Å². The number of aromatic nitrogens is 2. The van der Waals surface area contributed by atoms with Crippen LogP contribution in [0.1, 0.15) is 35.7 Å². The molecular formula is C19H23BrN4O2. The first kappa shape index (κ1) is 18.8. The first-order valence-corrected chi connectivity index (χ1v) is 9.52. The minimum Gasteiger partial charge on any atom is -0.294 e. The second kappa shape index (κ2) is 8.62. The van der Waals surface area contributed by atoms with Crippen LogP contribution in [-0.4, -0.2) is 38.9 Å². The van der Waals surface area contributed by atoms with Gasteiger partial charge in [-0.2, -0.15) is 5.10 Å². The van der Waals surface area contributed by atoms with Crippen LogP contribution < -0.4 is 5.48 Å². The van der Waals surface area contributed by atoms with Crippen LogP contribution in [0.2, 0.25) is 0 Å². The number of benzene rings is 1. The number of halogens is 1. The second-order valence-electron chi connectivity index (χ2n) is 6.50. The van der Waals surface area contributed by atoms with E-state index in [1.54, 1.807) is 11.6 Å². The number of nitrogens with zero attached hydrogens (tertiary/aromatic N) is 3. The second-order valence-corrected chi connectivity index (χ2v) is 7.35. The molecule has 1 amide bonds. The molecule has 2 N–H and O–H groups in total. The smallest absolute Gasteiger partial charge is 0.267 e. The lowest BCUT2D eigenvalue weighted by atomic mass is 10.0. The van der Waals surface area contributed by atoms with Gasteiger partial charge in [-0.3, -0.25) is 19.6 Å². The number of hydrogen-bond donors (Lipinski definition) is 2. The quantitative estimate of drug-likeness (QED) is 0.428. The molecule has 1 aliphatic heterocycles. The van der Waals surface area contributed by atoms with Gasteiger partial charge in [0.15, 0.2) is 0 Å². The number of carbonyl (C=O) groups is 1. The summed E-state index contributed by atoms with van der Waals surface area (Å²) >= 11 is 3.51. The number of aryl methyl sites for hydroxylation is 1. The molecule has 0 spiro atoms. The predicted octanol–water partition coefficient (Wildman–Crippen LogP) is 3.31. The van der Waals surface area contributed by atoms with Gasteiger partial charge in [0.1, 0.15) is 0 Å². The summed E-state index contributed by atoms with van der Waals surface area (Å²) in [4.78, 5) is 13.6. The van der Waals surface area contributed by atoms with Crippen LogP contribution in [0.15, 0.2) is 41.0 Å². The van der Waals surface area contributed by atoms with Crippen molar-refractivity contribution in [2.24, 2.45) is 0 Å². The molecule has 1 aliphatic rings. The largest absolute Gasteiger partial charge is 0.294 e. The Labute approximate surface area is 161 Å². The van der Waals surface area contributed by atoms with Crippen molar-refractivity contribution in [2.75, 3.05) is 13.1 Å². The highest BCUT2D eigenvalue weighted by Gasteiger charge is 2.25. The third kappa shape index (κ3) is 4.60. The van der Waals surface area contributed by atoms with Gasteiger partial charge in [-0.1, -0.05) is 24.3 Å². The molecule has 1 fully saturated rings. The van der Waals surface area contributed by atoms with Gasteiger partial charge in [0.2, 0.25) is 0 Å². The topological polar surface area (TPSA) is 70.4 Å². The molecule has 3 rings (SSSR count). The fourth-order valence-corrected chi connectivity index (χ4v) is 3.66. The third-order valence-corrected chi connectivity index (χ3v) is 5.50. The van der Waals surface area contributed by atoms with E-state index in [9.17, 15) is 4.79 Å². The van der Waals surface area contributed by atoms with Gasteiger partial charge in [0, 0.05) is 24.9 Å². The van der Waals surface area contributed by atoms with E-state index in [2.05, 4.69) is 38.1 Å². The summed E-state index contributed by atoms with van der Waals surface area (Å²) in [5.41, 5.74) is 4.83. The van der Waals surface area contributed by atoms with Crippen LogP contribution in [0.5, 0.6) is 0 Å². The fraction of sp³-hybridized carbons (Fsp3) is 0.368. The number of likely N-dealkylation sites (tertiary alicyclic amines) is 1.